The van der Waals surface area contributed by atoms with E-state index >= 15 is 0 Å². The van der Waals surface area contributed by atoms with Gasteiger partial charge in [-0.2, -0.15) is 0 Å². The summed E-state index contributed by atoms with van der Waals surface area (Å²) >= 11 is 0. The monoisotopic (exact) mass is 275 g/mol. The van der Waals surface area contributed by atoms with Crippen LogP contribution in [0.15, 0.2) is 30.3 Å². The van der Waals surface area contributed by atoms with E-state index in [0.29, 0.717) is 0 Å². The van der Waals surface area contributed by atoms with Gasteiger partial charge in [-0.3, -0.25) is 0 Å². The number of rotatable bonds is 0. The summed E-state index contributed by atoms with van der Waals surface area (Å²) in [4.78, 5) is 0. The Labute approximate surface area is 122 Å². The molecule has 21 heavy (non-hydrogen) atoms. The third-order valence-electron chi connectivity index (χ3n) is 4.67. The average molecular weight is 275 g/mol. The van der Waals surface area contributed by atoms with Crippen LogP contribution in [-0.4, -0.2) is 0 Å². The van der Waals surface area contributed by atoms with Gasteiger partial charge < -0.3 is 17.2 Å². The van der Waals surface area contributed by atoms with Crippen LogP contribution < -0.4 is 17.2 Å². The minimum absolute atomic E-state index is 0.717. The van der Waals surface area contributed by atoms with Crippen molar-refractivity contribution >= 4 is 49.4 Å². The third kappa shape index (κ3) is 1.33. The zero-order valence-electron chi connectivity index (χ0n) is 12.1. The lowest BCUT2D eigenvalue weighted by Crippen LogP contribution is -2.00. The maximum absolute atomic E-state index is 6.37. The zero-order chi connectivity index (χ0) is 14.9. The van der Waals surface area contributed by atoms with E-state index in [9.17, 15) is 0 Å². The number of hydrogen-bond donors (Lipinski definition) is 3. The first-order valence-corrected chi connectivity index (χ1v) is 7.01. The van der Waals surface area contributed by atoms with Gasteiger partial charge in [-0.1, -0.05) is 18.2 Å². The fourth-order valence-corrected chi connectivity index (χ4v) is 3.49. The summed E-state index contributed by atoms with van der Waals surface area (Å²) < 4.78 is 0. The van der Waals surface area contributed by atoms with E-state index in [1.807, 2.05) is 25.1 Å². The normalized spacial score (nSPS) is 11.9. The molecule has 0 unspecified atom stereocenters. The minimum Gasteiger partial charge on any atom is -0.399 e. The summed E-state index contributed by atoms with van der Waals surface area (Å²) in [6, 6.07) is 10.2. The Morgan fingerprint density at radius 1 is 0.667 bits per heavy atom. The Balaban J connectivity index is 2.53. The molecule has 4 aromatic rings. The number of nitrogens with two attached hydrogens (primary N) is 3. The average Bonchev–Trinajstić information content (AvgIpc) is 2.48. The minimum atomic E-state index is 0.717. The molecule has 0 spiro atoms. The summed E-state index contributed by atoms with van der Waals surface area (Å²) in [6.07, 6.45) is 0. The van der Waals surface area contributed by atoms with Crippen LogP contribution in [0.5, 0.6) is 0 Å². The molecule has 4 aromatic carbocycles. The van der Waals surface area contributed by atoms with Crippen LogP contribution in [0, 0.1) is 13.8 Å². The predicted octanol–water partition coefficient (Wildman–Crippen LogP) is 3.95. The van der Waals surface area contributed by atoms with Crippen molar-refractivity contribution < 1.29 is 0 Å². The number of anilines is 3. The van der Waals surface area contributed by atoms with E-state index in [2.05, 4.69) is 19.1 Å². The molecule has 0 amide bonds. The molecular formula is C18H17N3. The van der Waals surface area contributed by atoms with Crippen molar-refractivity contribution in [3.8, 4) is 0 Å². The van der Waals surface area contributed by atoms with Gasteiger partial charge >= 0.3 is 0 Å². The van der Waals surface area contributed by atoms with Gasteiger partial charge in [0.15, 0.2) is 0 Å². The molecule has 0 fully saturated rings. The smallest absolute Gasteiger partial charge is 0.0430 e. The molecule has 3 nitrogen and oxygen atoms in total. The van der Waals surface area contributed by atoms with Crippen molar-refractivity contribution in [3.05, 3.63) is 41.5 Å². The number of aryl methyl sites for hydroxylation is 2. The van der Waals surface area contributed by atoms with Crippen molar-refractivity contribution in [2.75, 3.05) is 17.2 Å². The highest BCUT2D eigenvalue weighted by molar-refractivity contribution is 6.30. The van der Waals surface area contributed by atoms with E-state index in [1.54, 1.807) is 0 Å². The van der Waals surface area contributed by atoms with Gasteiger partial charge in [0.2, 0.25) is 0 Å². The Hall–Kier alpha value is -2.68. The van der Waals surface area contributed by atoms with Gasteiger partial charge in [-0.25, -0.2) is 0 Å². The molecule has 0 atom stereocenters. The maximum atomic E-state index is 6.37. The molecule has 0 aromatic heterocycles. The fourth-order valence-electron chi connectivity index (χ4n) is 3.49. The van der Waals surface area contributed by atoms with E-state index in [4.69, 9.17) is 17.2 Å². The Morgan fingerprint density at radius 3 is 1.95 bits per heavy atom. The van der Waals surface area contributed by atoms with Gasteiger partial charge in [0.25, 0.3) is 0 Å². The molecule has 0 radical (unpaired) electrons. The number of hydrogen-bond acceptors (Lipinski definition) is 3. The molecular weight excluding hydrogens is 258 g/mol. The SMILES string of the molecule is Cc1c(N)c2cccc3c(C)c(N)c4cc(N)cc1c4c32. The van der Waals surface area contributed by atoms with Gasteiger partial charge in [-0.15, -0.1) is 0 Å². The van der Waals surface area contributed by atoms with Crippen LogP contribution in [-0.2, 0) is 0 Å². The van der Waals surface area contributed by atoms with Gasteiger partial charge in [0.1, 0.15) is 0 Å². The highest BCUT2D eigenvalue weighted by Gasteiger charge is 2.18. The molecule has 104 valence electrons. The number of nitrogen functional groups attached to an aromatic ring is 3. The summed E-state index contributed by atoms with van der Waals surface area (Å²) in [7, 11) is 0. The standard InChI is InChI=1S/C18H17N3/c1-8-11-4-3-5-12-15(11)16-13(9(2)17(12)20)6-10(19)7-14(16)18(8)21/h3-7H,19-21H2,1-2H3. The van der Waals surface area contributed by atoms with E-state index < -0.39 is 0 Å². The van der Waals surface area contributed by atoms with Gasteiger partial charge in [0.05, 0.1) is 0 Å². The van der Waals surface area contributed by atoms with Gasteiger partial charge in [-0.05, 0) is 58.7 Å². The quantitative estimate of drug-likeness (QED) is 0.336. The summed E-state index contributed by atoms with van der Waals surface area (Å²) in [5, 5.41) is 6.74. The molecule has 0 aliphatic carbocycles. The van der Waals surface area contributed by atoms with E-state index in [0.717, 1.165) is 44.3 Å². The predicted molar refractivity (Wildman–Crippen MR) is 92.9 cm³/mol. The van der Waals surface area contributed by atoms with Crippen molar-refractivity contribution in [2.45, 2.75) is 13.8 Å². The molecule has 0 aliphatic rings. The largest absolute Gasteiger partial charge is 0.399 e. The van der Waals surface area contributed by atoms with Crippen molar-refractivity contribution in [1.82, 2.24) is 0 Å². The van der Waals surface area contributed by atoms with Crippen LogP contribution in [0.2, 0.25) is 0 Å². The van der Waals surface area contributed by atoms with E-state index in [-0.39, 0.29) is 0 Å². The highest BCUT2D eigenvalue weighted by Crippen LogP contribution is 2.44. The lowest BCUT2D eigenvalue weighted by Gasteiger charge is -2.19. The third-order valence-corrected chi connectivity index (χ3v) is 4.67. The Morgan fingerprint density at radius 2 is 1.19 bits per heavy atom. The van der Waals surface area contributed by atoms with Crippen LogP contribution in [0.1, 0.15) is 11.1 Å². The highest BCUT2D eigenvalue weighted by atomic mass is 14.6. The Kier molecular flexibility index (Phi) is 2.13. The van der Waals surface area contributed by atoms with E-state index in [1.165, 1.54) is 16.2 Å². The lowest BCUT2D eigenvalue weighted by atomic mass is 9.87. The molecule has 0 heterocycles. The second-order valence-corrected chi connectivity index (χ2v) is 5.80. The molecule has 0 aliphatic heterocycles. The molecule has 0 saturated carbocycles. The van der Waals surface area contributed by atoms with Crippen molar-refractivity contribution in [1.29, 1.82) is 0 Å². The summed E-state index contributed by atoms with van der Waals surface area (Å²) in [5.41, 5.74) is 23.3. The maximum Gasteiger partial charge on any atom is 0.0430 e. The molecule has 6 N–H and O–H groups in total. The number of benzene rings is 4. The van der Waals surface area contributed by atoms with Crippen LogP contribution in [0.3, 0.4) is 0 Å². The lowest BCUT2D eigenvalue weighted by molar-refractivity contribution is 1.53. The first kappa shape index (κ1) is 12.1. The topological polar surface area (TPSA) is 78.1 Å². The van der Waals surface area contributed by atoms with Crippen molar-refractivity contribution in [2.24, 2.45) is 0 Å². The zero-order valence-corrected chi connectivity index (χ0v) is 12.1. The molecule has 0 bridgehead atoms. The van der Waals surface area contributed by atoms with Crippen LogP contribution in [0.25, 0.3) is 32.3 Å². The molecule has 3 heteroatoms. The van der Waals surface area contributed by atoms with Crippen LogP contribution >= 0.6 is 0 Å². The summed E-state index contributed by atoms with van der Waals surface area (Å²) in [6.45, 7) is 4.10. The van der Waals surface area contributed by atoms with Crippen molar-refractivity contribution in [3.63, 3.8) is 0 Å². The second kappa shape index (κ2) is 3.70. The second-order valence-electron chi connectivity index (χ2n) is 5.80. The van der Waals surface area contributed by atoms with Crippen LogP contribution in [0.4, 0.5) is 17.1 Å². The Bertz CT molecular complexity index is 956. The first-order valence-electron chi connectivity index (χ1n) is 7.01. The fraction of sp³-hybridized carbons (Fsp3) is 0.111. The van der Waals surface area contributed by atoms with Gasteiger partial charge in [0, 0.05) is 27.8 Å². The first-order chi connectivity index (χ1) is 10.0. The summed E-state index contributed by atoms with van der Waals surface area (Å²) in [5.74, 6) is 0. The molecule has 4 rings (SSSR count). The molecule has 0 saturated heterocycles.